The van der Waals surface area contributed by atoms with Crippen LogP contribution in [-0.4, -0.2) is 53.2 Å². The van der Waals surface area contributed by atoms with Gasteiger partial charge < -0.3 is 15.3 Å². The standard InChI is InChI=1S/C12H22N4O2S2/c1-5-13-12(2,9(17)18)7-6-8-19-11-15-14-10(20-11)16(3)4/h13H,5-8H2,1-4H3,(H,17,18). The van der Waals surface area contributed by atoms with E-state index in [2.05, 4.69) is 15.5 Å². The monoisotopic (exact) mass is 318 g/mol. The Morgan fingerprint density at radius 3 is 2.70 bits per heavy atom. The topological polar surface area (TPSA) is 78.4 Å². The van der Waals surface area contributed by atoms with Crippen LogP contribution in [0.5, 0.6) is 0 Å². The van der Waals surface area contributed by atoms with E-state index in [1.165, 1.54) is 0 Å². The Morgan fingerprint density at radius 1 is 1.50 bits per heavy atom. The molecule has 0 radical (unpaired) electrons. The van der Waals surface area contributed by atoms with Gasteiger partial charge in [-0.2, -0.15) is 0 Å². The maximum Gasteiger partial charge on any atom is 0.323 e. The maximum absolute atomic E-state index is 11.3. The van der Waals surface area contributed by atoms with Gasteiger partial charge in [0.15, 0.2) is 4.34 Å². The van der Waals surface area contributed by atoms with Gasteiger partial charge in [-0.25, -0.2) is 0 Å². The van der Waals surface area contributed by atoms with Crippen LogP contribution in [0, 0.1) is 0 Å². The Kier molecular flexibility index (Phi) is 6.70. The van der Waals surface area contributed by atoms with Crippen molar-refractivity contribution in [2.45, 2.75) is 36.6 Å². The first kappa shape index (κ1) is 17.2. The zero-order valence-electron chi connectivity index (χ0n) is 12.3. The summed E-state index contributed by atoms with van der Waals surface area (Å²) in [6, 6.07) is 0. The lowest BCUT2D eigenvalue weighted by atomic mass is 9.96. The molecule has 1 atom stereocenters. The third-order valence-corrected chi connectivity index (χ3v) is 5.17. The summed E-state index contributed by atoms with van der Waals surface area (Å²) < 4.78 is 0.925. The molecule has 8 heteroatoms. The largest absolute Gasteiger partial charge is 0.480 e. The van der Waals surface area contributed by atoms with Gasteiger partial charge >= 0.3 is 5.97 Å². The van der Waals surface area contributed by atoms with Crippen LogP contribution in [0.2, 0.25) is 0 Å². The maximum atomic E-state index is 11.3. The minimum atomic E-state index is -0.842. The number of hydrogen-bond acceptors (Lipinski definition) is 7. The third kappa shape index (κ3) is 4.92. The van der Waals surface area contributed by atoms with Crippen molar-refractivity contribution in [2.75, 3.05) is 31.3 Å². The van der Waals surface area contributed by atoms with Crippen molar-refractivity contribution < 1.29 is 9.90 Å². The molecule has 0 aliphatic rings. The molecule has 0 saturated carbocycles. The molecule has 0 amide bonds. The number of aromatic nitrogens is 2. The van der Waals surface area contributed by atoms with Crippen LogP contribution in [0.25, 0.3) is 0 Å². The Labute approximate surface area is 128 Å². The van der Waals surface area contributed by atoms with Crippen LogP contribution >= 0.6 is 23.1 Å². The van der Waals surface area contributed by atoms with Crippen LogP contribution in [0.4, 0.5) is 5.13 Å². The van der Waals surface area contributed by atoms with Crippen molar-refractivity contribution in [1.82, 2.24) is 15.5 Å². The number of carbonyl (C=O) groups is 1. The lowest BCUT2D eigenvalue weighted by molar-refractivity contribution is -0.144. The van der Waals surface area contributed by atoms with Gasteiger partial charge in [-0.3, -0.25) is 4.79 Å². The Hall–Kier alpha value is -0.860. The Bertz CT molecular complexity index is 439. The molecule has 1 aromatic heterocycles. The molecule has 0 saturated heterocycles. The van der Waals surface area contributed by atoms with E-state index in [4.69, 9.17) is 0 Å². The molecule has 1 rings (SSSR count). The van der Waals surface area contributed by atoms with E-state index in [0.717, 1.165) is 21.6 Å². The number of carboxylic acid groups (broad SMARTS) is 1. The highest BCUT2D eigenvalue weighted by atomic mass is 32.2. The van der Waals surface area contributed by atoms with Gasteiger partial charge in [0.05, 0.1) is 0 Å². The molecule has 0 fully saturated rings. The van der Waals surface area contributed by atoms with E-state index >= 15 is 0 Å². The molecule has 0 spiro atoms. The lowest BCUT2D eigenvalue weighted by Gasteiger charge is -2.25. The number of anilines is 1. The van der Waals surface area contributed by atoms with Gasteiger partial charge in [0.25, 0.3) is 0 Å². The zero-order chi connectivity index (χ0) is 15.2. The predicted octanol–water partition coefficient (Wildman–Crippen LogP) is 1.93. The minimum Gasteiger partial charge on any atom is -0.480 e. The number of carboxylic acids is 1. The van der Waals surface area contributed by atoms with Gasteiger partial charge in [-0.1, -0.05) is 30.0 Å². The van der Waals surface area contributed by atoms with Crippen LogP contribution in [0.1, 0.15) is 26.7 Å². The van der Waals surface area contributed by atoms with Crippen LogP contribution in [0.15, 0.2) is 4.34 Å². The first-order chi connectivity index (χ1) is 9.39. The summed E-state index contributed by atoms with van der Waals surface area (Å²) in [6.07, 6.45) is 1.42. The summed E-state index contributed by atoms with van der Waals surface area (Å²) >= 11 is 3.18. The molecule has 1 aromatic rings. The van der Waals surface area contributed by atoms with Crippen molar-refractivity contribution in [1.29, 1.82) is 0 Å². The first-order valence-corrected chi connectivity index (χ1v) is 8.31. The second-order valence-corrected chi connectivity index (χ2v) is 7.16. The number of nitrogens with one attached hydrogen (secondary N) is 1. The smallest absolute Gasteiger partial charge is 0.323 e. The summed E-state index contributed by atoms with van der Waals surface area (Å²) in [6.45, 7) is 4.30. The molecule has 0 aromatic carbocycles. The highest BCUT2D eigenvalue weighted by molar-refractivity contribution is 8.01. The molecule has 1 heterocycles. The van der Waals surface area contributed by atoms with Crippen LogP contribution < -0.4 is 10.2 Å². The molecule has 2 N–H and O–H groups in total. The summed E-state index contributed by atoms with van der Waals surface area (Å²) in [5, 5.41) is 21.3. The van der Waals surface area contributed by atoms with E-state index in [9.17, 15) is 9.90 Å². The van der Waals surface area contributed by atoms with E-state index in [0.29, 0.717) is 13.0 Å². The van der Waals surface area contributed by atoms with Crippen molar-refractivity contribution in [3.05, 3.63) is 0 Å². The summed E-state index contributed by atoms with van der Waals surface area (Å²) in [5.74, 6) is 0.0474. The molecule has 0 aliphatic heterocycles. The number of likely N-dealkylation sites (N-methyl/N-ethyl adjacent to an activating group) is 1. The Balaban J connectivity index is 2.38. The molecular formula is C12H22N4O2S2. The fourth-order valence-corrected chi connectivity index (χ4v) is 3.46. The molecule has 0 aliphatic carbocycles. The molecule has 114 valence electrons. The molecule has 0 bridgehead atoms. The average molecular weight is 318 g/mol. The number of nitrogens with zero attached hydrogens (tertiary/aromatic N) is 3. The van der Waals surface area contributed by atoms with Crippen molar-refractivity contribution in [2.24, 2.45) is 0 Å². The highest BCUT2D eigenvalue weighted by Crippen LogP contribution is 2.28. The Morgan fingerprint density at radius 2 is 2.20 bits per heavy atom. The third-order valence-electron chi connectivity index (χ3n) is 2.86. The minimum absolute atomic E-state index is 0.600. The summed E-state index contributed by atoms with van der Waals surface area (Å²) in [4.78, 5) is 13.2. The molecule has 6 nitrogen and oxygen atoms in total. The fourth-order valence-electron chi connectivity index (χ4n) is 1.69. The van der Waals surface area contributed by atoms with Crippen molar-refractivity contribution in [3.63, 3.8) is 0 Å². The van der Waals surface area contributed by atoms with Gasteiger partial charge in [0.2, 0.25) is 5.13 Å². The quantitative estimate of drug-likeness (QED) is 0.532. The number of thioether (sulfide) groups is 1. The van der Waals surface area contributed by atoms with Crippen LogP contribution in [0.3, 0.4) is 0 Å². The molecule has 1 unspecified atom stereocenters. The SMILES string of the molecule is CCNC(C)(CCCSc1nnc(N(C)C)s1)C(=O)O. The molecule has 20 heavy (non-hydrogen) atoms. The predicted molar refractivity (Wildman–Crippen MR) is 83.9 cm³/mol. The zero-order valence-corrected chi connectivity index (χ0v) is 14.0. The van der Waals surface area contributed by atoms with E-state index in [1.807, 2.05) is 25.9 Å². The average Bonchev–Trinajstić information content (AvgIpc) is 2.84. The van der Waals surface area contributed by atoms with Gasteiger partial charge in [-0.05, 0) is 26.3 Å². The molecular weight excluding hydrogens is 296 g/mol. The van der Waals surface area contributed by atoms with Gasteiger partial charge in [0.1, 0.15) is 5.54 Å². The van der Waals surface area contributed by atoms with E-state index < -0.39 is 11.5 Å². The second-order valence-electron chi connectivity index (χ2n) is 4.86. The number of rotatable bonds is 9. The second kappa shape index (κ2) is 7.80. The summed E-state index contributed by atoms with van der Waals surface area (Å²) in [5.41, 5.74) is -0.842. The number of hydrogen-bond donors (Lipinski definition) is 2. The lowest BCUT2D eigenvalue weighted by Crippen LogP contribution is -2.49. The highest BCUT2D eigenvalue weighted by Gasteiger charge is 2.31. The van der Waals surface area contributed by atoms with Crippen molar-refractivity contribution in [3.8, 4) is 0 Å². The van der Waals surface area contributed by atoms with Crippen molar-refractivity contribution >= 4 is 34.2 Å². The van der Waals surface area contributed by atoms with Gasteiger partial charge in [0, 0.05) is 19.8 Å². The van der Waals surface area contributed by atoms with E-state index in [-0.39, 0.29) is 0 Å². The first-order valence-electron chi connectivity index (χ1n) is 6.51. The fraction of sp³-hybridized carbons (Fsp3) is 0.750. The normalized spacial score (nSPS) is 14.0. The van der Waals surface area contributed by atoms with E-state index in [1.54, 1.807) is 30.0 Å². The number of aliphatic carboxylic acids is 1. The van der Waals surface area contributed by atoms with Crippen LogP contribution in [-0.2, 0) is 4.79 Å². The van der Waals surface area contributed by atoms with Gasteiger partial charge in [-0.15, -0.1) is 10.2 Å². The summed E-state index contributed by atoms with van der Waals surface area (Å²) in [7, 11) is 3.87.